The average molecular weight is 455 g/mol. The van der Waals surface area contributed by atoms with E-state index in [0.717, 1.165) is 5.69 Å². The Hall–Kier alpha value is -3.36. The number of hydrogen-bond donors (Lipinski definition) is 3. The van der Waals surface area contributed by atoms with Crippen molar-refractivity contribution in [2.75, 3.05) is 11.3 Å². The second kappa shape index (κ2) is 8.79. The largest absolute Gasteiger partial charge is 0.358 e. The Morgan fingerprint density at radius 1 is 1.06 bits per heavy atom. The fourth-order valence-electron chi connectivity index (χ4n) is 3.17. The summed E-state index contributed by atoms with van der Waals surface area (Å²) >= 11 is 6.11. The van der Waals surface area contributed by atoms with Crippen molar-refractivity contribution >= 4 is 44.1 Å². The van der Waals surface area contributed by atoms with E-state index in [1.54, 1.807) is 36.7 Å². The highest BCUT2D eigenvalue weighted by atomic mass is 35.5. The minimum Gasteiger partial charge on any atom is -0.358 e. The van der Waals surface area contributed by atoms with Gasteiger partial charge in [0.15, 0.2) is 0 Å². The highest BCUT2D eigenvalue weighted by molar-refractivity contribution is 7.92. The van der Waals surface area contributed by atoms with Crippen LogP contribution in [-0.2, 0) is 16.4 Å². The van der Waals surface area contributed by atoms with Crippen LogP contribution in [0.5, 0.6) is 0 Å². The number of nitrogens with zero attached hydrogens (tertiary/aromatic N) is 1. The van der Waals surface area contributed by atoms with Gasteiger partial charge in [-0.05, 0) is 36.4 Å². The molecule has 2 aromatic heterocycles. The standard InChI is InChI=1S/C22H19ClN4O3S/c23-19-14-26-21-18(19)8-4-9-20(21)27-31(29,30)17-7-3-5-15(13-17)22(28)25-12-10-16-6-1-2-11-24-16/h1-9,11,13-14,26-27H,10,12H2,(H,25,28). The highest BCUT2D eigenvalue weighted by Gasteiger charge is 2.18. The molecule has 0 aliphatic heterocycles. The summed E-state index contributed by atoms with van der Waals surface area (Å²) in [4.78, 5) is 19.6. The van der Waals surface area contributed by atoms with Crippen molar-refractivity contribution in [3.63, 3.8) is 0 Å². The molecule has 0 aliphatic carbocycles. The van der Waals surface area contributed by atoms with E-state index in [9.17, 15) is 13.2 Å². The van der Waals surface area contributed by atoms with Crippen LogP contribution in [0.3, 0.4) is 0 Å². The third-order valence-electron chi connectivity index (χ3n) is 4.71. The third-order valence-corrected chi connectivity index (χ3v) is 6.38. The molecular weight excluding hydrogens is 436 g/mol. The molecule has 0 aliphatic rings. The van der Waals surface area contributed by atoms with Gasteiger partial charge in [0.1, 0.15) is 0 Å². The van der Waals surface area contributed by atoms with Crippen LogP contribution in [0.25, 0.3) is 10.9 Å². The summed E-state index contributed by atoms with van der Waals surface area (Å²) in [5.41, 5.74) is 2.07. The molecule has 31 heavy (non-hydrogen) atoms. The lowest BCUT2D eigenvalue weighted by Gasteiger charge is -2.11. The molecule has 0 unspecified atom stereocenters. The zero-order valence-corrected chi connectivity index (χ0v) is 17.9. The van der Waals surface area contributed by atoms with Crippen molar-refractivity contribution < 1.29 is 13.2 Å². The van der Waals surface area contributed by atoms with Gasteiger partial charge in [0.25, 0.3) is 15.9 Å². The smallest absolute Gasteiger partial charge is 0.261 e. The number of para-hydroxylation sites is 1. The topological polar surface area (TPSA) is 104 Å². The monoisotopic (exact) mass is 454 g/mol. The van der Waals surface area contributed by atoms with Crippen molar-refractivity contribution in [2.45, 2.75) is 11.3 Å². The fourth-order valence-corrected chi connectivity index (χ4v) is 4.49. The number of pyridine rings is 1. The summed E-state index contributed by atoms with van der Waals surface area (Å²) < 4.78 is 28.4. The lowest BCUT2D eigenvalue weighted by Crippen LogP contribution is -2.26. The molecule has 1 amide bonds. The molecule has 4 rings (SSSR count). The van der Waals surface area contributed by atoms with Gasteiger partial charge in [0, 0.05) is 42.0 Å². The quantitative estimate of drug-likeness (QED) is 0.392. The first-order valence-corrected chi connectivity index (χ1v) is 11.4. The molecule has 0 saturated heterocycles. The molecule has 0 fully saturated rings. The van der Waals surface area contributed by atoms with Gasteiger partial charge in [-0.1, -0.05) is 35.9 Å². The number of halogens is 1. The maximum Gasteiger partial charge on any atom is 0.261 e. The van der Waals surface area contributed by atoms with E-state index in [2.05, 4.69) is 20.0 Å². The molecule has 0 atom stereocenters. The average Bonchev–Trinajstić information content (AvgIpc) is 3.16. The Balaban J connectivity index is 1.49. The number of carbonyl (C=O) groups is 1. The van der Waals surface area contributed by atoms with Gasteiger partial charge in [-0.2, -0.15) is 0 Å². The number of nitrogens with one attached hydrogen (secondary N) is 3. The molecule has 2 heterocycles. The maximum absolute atomic E-state index is 12.9. The number of aromatic amines is 1. The number of sulfonamides is 1. The Morgan fingerprint density at radius 2 is 1.90 bits per heavy atom. The first-order valence-electron chi connectivity index (χ1n) is 9.51. The van der Waals surface area contributed by atoms with Crippen molar-refractivity contribution in [3.05, 3.63) is 89.3 Å². The molecule has 0 spiro atoms. The van der Waals surface area contributed by atoms with Crippen molar-refractivity contribution in [3.8, 4) is 0 Å². The van der Waals surface area contributed by atoms with E-state index in [4.69, 9.17) is 11.6 Å². The minimum atomic E-state index is -3.92. The maximum atomic E-state index is 12.9. The Labute approximate surface area is 184 Å². The van der Waals surface area contributed by atoms with Crippen LogP contribution < -0.4 is 10.0 Å². The Morgan fingerprint density at radius 3 is 2.71 bits per heavy atom. The van der Waals surface area contributed by atoms with E-state index < -0.39 is 10.0 Å². The van der Waals surface area contributed by atoms with Crippen LogP contribution in [0.2, 0.25) is 5.02 Å². The number of fused-ring (bicyclic) bond motifs is 1. The lowest BCUT2D eigenvalue weighted by atomic mass is 10.2. The molecule has 9 heteroatoms. The van der Waals surface area contributed by atoms with Crippen LogP contribution >= 0.6 is 11.6 Å². The molecular formula is C22H19ClN4O3S. The second-order valence-corrected chi connectivity index (χ2v) is 8.91. The summed E-state index contributed by atoms with van der Waals surface area (Å²) in [5, 5.41) is 4.00. The van der Waals surface area contributed by atoms with Crippen LogP contribution in [0, 0.1) is 0 Å². The predicted octanol–water partition coefficient (Wildman–Crippen LogP) is 3.99. The number of anilines is 1. The Bertz CT molecular complexity index is 1340. The van der Waals surface area contributed by atoms with Crippen LogP contribution in [0.4, 0.5) is 5.69 Å². The summed E-state index contributed by atoms with van der Waals surface area (Å²) in [6, 6.07) is 16.6. The zero-order chi connectivity index (χ0) is 21.8. The molecule has 4 aromatic rings. The van der Waals surface area contributed by atoms with Crippen LogP contribution in [0.1, 0.15) is 16.1 Å². The minimum absolute atomic E-state index is 0.0143. The van der Waals surface area contributed by atoms with E-state index >= 15 is 0 Å². The Kier molecular flexibility index (Phi) is 5.92. The van der Waals surface area contributed by atoms with Crippen molar-refractivity contribution in [1.82, 2.24) is 15.3 Å². The van der Waals surface area contributed by atoms with Crippen LogP contribution in [0.15, 0.2) is 78.0 Å². The first-order chi connectivity index (χ1) is 14.9. The highest BCUT2D eigenvalue weighted by Crippen LogP contribution is 2.29. The van der Waals surface area contributed by atoms with E-state index in [-0.39, 0.29) is 16.4 Å². The van der Waals surface area contributed by atoms with Gasteiger partial charge >= 0.3 is 0 Å². The molecule has 2 aromatic carbocycles. The predicted molar refractivity (Wildman–Crippen MR) is 121 cm³/mol. The summed E-state index contributed by atoms with van der Waals surface area (Å²) in [6.45, 7) is 0.390. The SMILES string of the molecule is O=C(NCCc1ccccn1)c1cccc(S(=O)(=O)Nc2cccc3c(Cl)c[nH]c23)c1. The van der Waals surface area contributed by atoms with E-state index in [1.165, 1.54) is 18.2 Å². The number of benzene rings is 2. The molecule has 3 N–H and O–H groups in total. The zero-order valence-electron chi connectivity index (χ0n) is 16.3. The number of amides is 1. The number of hydrogen-bond acceptors (Lipinski definition) is 4. The van der Waals surface area contributed by atoms with E-state index in [1.807, 2.05) is 18.2 Å². The first kappa shape index (κ1) is 20.9. The lowest BCUT2D eigenvalue weighted by molar-refractivity contribution is 0.0954. The fraction of sp³-hybridized carbons (Fsp3) is 0.0909. The van der Waals surface area contributed by atoms with Gasteiger partial charge in [-0.25, -0.2) is 8.42 Å². The summed E-state index contributed by atoms with van der Waals surface area (Å²) in [7, 11) is -3.92. The molecule has 0 radical (unpaired) electrons. The van der Waals surface area contributed by atoms with Gasteiger partial charge in [0.05, 0.1) is 21.1 Å². The number of carbonyl (C=O) groups excluding carboxylic acids is 1. The van der Waals surface area contributed by atoms with E-state index in [0.29, 0.717) is 34.6 Å². The third kappa shape index (κ3) is 4.70. The molecule has 0 bridgehead atoms. The number of rotatable bonds is 7. The van der Waals surface area contributed by atoms with Crippen molar-refractivity contribution in [2.24, 2.45) is 0 Å². The van der Waals surface area contributed by atoms with Crippen LogP contribution in [-0.4, -0.2) is 30.8 Å². The summed E-state index contributed by atoms with van der Waals surface area (Å²) in [5.74, 6) is -0.355. The van der Waals surface area contributed by atoms with Gasteiger partial charge in [-0.15, -0.1) is 0 Å². The van der Waals surface area contributed by atoms with Crippen molar-refractivity contribution in [1.29, 1.82) is 0 Å². The number of H-pyrrole nitrogens is 1. The van der Waals surface area contributed by atoms with Gasteiger partial charge in [-0.3, -0.25) is 14.5 Å². The number of aromatic nitrogens is 2. The molecule has 158 valence electrons. The summed E-state index contributed by atoms with van der Waals surface area (Å²) in [6.07, 6.45) is 3.87. The second-order valence-electron chi connectivity index (χ2n) is 6.83. The van der Waals surface area contributed by atoms with Gasteiger partial charge < -0.3 is 10.3 Å². The molecule has 7 nitrogen and oxygen atoms in total. The van der Waals surface area contributed by atoms with Gasteiger partial charge in [0.2, 0.25) is 0 Å². The normalized spacial score (nSPS) is 11.4. The molecule has 0 saturated carbocycles.